The van der Waals surface area contributed by atoms with Gasteiger partial charge in [0.15, 0.2) is 0 Å². The quantitative estimate of drug-likeness (QED) is 0.590. The minimum Gasteiger partial charge on any atom is -0.502 e. The summed E-state index contributed by atoms with van der Waals surface area (Å²) in [6.45, 7) is 14.9. The van der Waals surface area contributed by atoms with Crippen LogP contribution in [-0.2, 0) is 9.47 Å². The van der Waals surface area contributed by atoms with Crippen LogP contribution in [0, 0.1) is 5.92 Å². The first-order valence-corrected chi connectivity index (χ1v) is 3.78. The SMILES string of the molecule is C=COC=C.C=COCC(C)C. The topological polar surface area (TPSA) is 18.5 Å². The van der Waals surface area contributed by atoms with E-state index in [1.54, 1.807) is 0 Å². The number of ether oxygens (including phenoxy) is 2. The van der Waals surface area contributed by atoms with Gasteiger partial charge in [0.1, 0.15) is 0 Å². The molecule has 0 saturated heterocycles. The average molecular weight is 170 g/mol. The van der Waals surface area contributed by atoms with E-state index in [1.807, 2.05) is 0 Å². The van der Waals surface area contributed by atoms with E-state index in [4.69, 9.17) is 4.74 Å². The van der Waals surface area contributed by atoms with Gasteiger partial charge in [0.2, 0.25) is 0 Å². The highest BCUT2D eigenvalue weighted by molar-refractivity contribution is 4.57. The molecule has 0 spiro atoms. The normalized spacial score (nSPS) is 7.58. The van der Waals surface area contributed by atoms with Gasteiger partial charge in [-0.2, -0.15) is 0 Å². The molecule has 0 N–H and O–H groups in total. The fourth-order valence-corrected chi connectivity index (χ4v) is 0.329. The highest BCUT2D eigenvalue weighted by Gasteiger charge is 1.87. The molecule has 2 heteroatoms. The highest BCUT2D eigenvalue weighted by atomic mass is 16.5. The van der Waals surface area contributed by atoms with E-state index in [-0.39, 0.29) is 0 Å². The Kier molecular flexibility index (Phi) is 14.0. The maximum atomic E-state index is 4.86. The molecular weight excluding hydrogens is 152 g/mol. The molecule has 0 aromatic rings. The Hall–Kier alpha value is -1.18. The van der Waals surface area contributed by atoms with Crippen molar-refractivity contribution < 1.29 is 9.47 Å². The molecule has 0 amide bonds. The van der Waals surface area contributed by atoms with Crippen LogP contribution < -0.4 is 0 Å². The summed E-state index contributed by atoms with van der Waals surface area (Å²) in [7, 11) is 0. The van der Waals surface area contributed by atoms with E-state index < -0.39 is 0 Å². The van der Waals surface area contributed by atoms with Crippen molar-refractivity contribution in [3.8, 4) is 0 Å². The summed E-state index contributed by atoms with van der Waals surface area (Å²) < 4.78 is 9.22. The lowest BCUT2D eigenvalue weighted by atomic mass is 10.2. The van der Waals surface area contributed by atoms with E-state index in [2.05, 4.69) is 38.3 Å². The van der Waals surface area contributed by atoms with Crippen molar-refractivity contribution in [1.29, 1.82) is 0 Å². The fourth-order valence-electron chi connectivity index (χ4n) is 0.329. The Morgan fingerprint density at radius 2 is 1.58 bits per heavy atom. The van der Waals surface area contributed by atoms with Gasteiger partial charge in [-0.1, -0.05) is 33.6 Å². The van der Waals surface area contributed by atoms with Crippen molar-refractivity contribution in [2.45, 2.75) is 13.8 Å². The summed E-state index contributed by atoms with van der Waals surface area (Å²) >= 11 is 0. The predicted octanol–water partition coefficient (Wildman–Crippen LogP) is 3.09. The second kappa shape index (κ2) is 12.5. The Morgan fingerprint density at radius 1 is 1.08 bits per heavy atom. The molecule has 0 aliphatic heterocycles. The first-order chi connectivity index (χ1) is 5.68. The number of rotatable bonds is 5. The van der Waals surface area contributed by atoms with Gasteiger partial charge < -0.3 is 9.47 Å². The molecule has 0 rings (SSSR count). The van der Waals surface area contributed by atoms with Crippen molar-refractivity contribution in [2.24, 2.45) is 5.92 Å². The van der Waals surface area contributed by atoms with Gasteiger partial charge in [-0.25, -0.2) is 0 Å². The van der Waals surface area contributed by atoms with E-state index in [0.29, 0.717) is 5.92 Å². The van der Waals surface area contributed by atoms with Crippen LogP contribution in [0.3, 0.4) is 0 Å². The maximum Gasteiger partial charge on any atom is 0.0895 e. The monoisotopic (exact) mass is 170 g/mol. The zero-order valence-corrected chi connectivity index (χ0v) is 7.95. The van der Waals surface area contributed by atoms with Crippen LogP contribution >= 0.6 is 0 Å². The Morgan fingerprint density at radius 3 is 1.67 bits per heavy atom. The first-order valence-electron chi connectivity index (χ1n) is 3.78. The summed E-state index contributed by atoms with van der Waals surface area (Å²) in [4.78, 5) is 0. The molecule has 0 atom stereocenters. The van der Waals surface area contributed by atoms with E-state index in [0.717, 1.165) is 6.61 Å². The second-order valence-corrected chi connectivity index (χ2v) is 2.36. The molecule has 0 saturated carbocycles. The van der Waals surface area contributed by atoms with Crippen molar-refractivity contribution in [3.05, 3.63) is 38.5 Å². The molecule has 0 bridgehead atoms. The smallest absolute Gasteiger partial charge is 0.0895 e. The predicted molar refractivity (Wildman–Crippen MR) is 52.5 cm³/mol. The van der Waals surface area contributed by atoms with Gasteiger partial charge in [0, 0.05) is 0 Å². The summed E-state index contributed by atoms with van der Waals surface area (Å²) in [6, 6.07) is 0. The number of hydrogen-bond acceptors (Lipinski definition) is 2. The molecule has 0 unspecified atom stereocenters. The van der Waals surface area contributed by atoms with Crippen LogP contribution in [-0.4, -0.2) is 6.61 Å². The summed E-state index contributed by atoms with van der Waals surface area (Å²) in [5.74, 6) is 0.609. The van der Waals surface area contributed by atoms with E-state index >= 15 is 0 Å². The third-order valence-corrected chi connectivity index (χ3v) is 0.740. The van der Waals surface area contributed by atoms with E-state index in [1.165, 1.54) is 18.8 Å². The Bertz CT molecular complexity index is 111. The molecule has 2 nitrogen and oxygen atoms in total. The van der Waals surface area contributed by atoms with Gasteiger partial charge in [-0.05, 0) is 5.92 Å². The van der Waals surface area contributed by atoms with Gasteiger partial charge in [-0.3, -0.25) is 0 Å². The molecule has 0 aromatic carbocycles. The molecule has 12 heavy (non-hydrogen) atoms. The third kappa shape index (κ3) is 23.2. The van der Waals surface area contributed by atoms with Gasteiger partial charge in [0.05, 0.1) is 25.4 Å². The summed E-state index contributed by atoms with van der Waals surface area (Å²) in [5, 5.41) is 0. The van der Waals surface area contributed by atoms with Crippen molar-refractivity contribution >= 4 is 0 Å². The van der Waals surface area contributed by atoms with Crippen LogP contribution in [0.2, 0.25) is 0 Å². The highest BCUT2D eigenvalue weighted by Crippen LogP contribution is 1.90. The lowest BCUT2D eigenvalue weighted by Gasteiger charge is -2.00. The van der Waals surface area contributed by atoms with Crippen LogP contribution in [0.5, 0.6) is 0 Å². The standard InChI is InChI=1S/C6H12O.C4H6O/c1-4-7-5-6(2)3;1-3-5-4-2/h4,6H,1,5H2,2-3H3;3-4H,1-2H2. The van der Waals surface area contributed by atoms with Crippen LogP contribution in [0.25, 0.3) is 0 Å². The van der Waals surface area contributed by atoms with Gasteiger partial charge >= 0.3 is 0 Å². The largest absolute Gasteiger partial charge is 0.502 e. The molecule has 0 heterocycles. The van der Waals surface area contributed by atoms with Gasteiger partial charge in [0.25, 0.3) is 0 Å². The molecule has 0 radical (unpaired) electrons. The molecule has 70 valence electrons. The molecular formula is C10H18O2. The third-order valence-electron chi connectivity index (χ3n) is 0.740. The Labute approximate surface area is 75.2 Å². The molecule has 0 aromatic heterocycles. The van der Waals surface area contributed by atoms with Crippen LogP contribution in [0.1, 0.15) is 13.8 Å². The van der Waals surface area contributed by atoms with Crippen LogP contribution in [0.4, 0.5) is 0 Å². The Balaban J connectivity index is 0. The van der Waals surface area contributed by atoms with Crippen molar-refractivity contribution in [2.75, 3.05) is 6.61 Å². The maximum absolute atomic E-state index is 4.86. The van der Waals surface area contributed by atoms with Crippen molar-refractivity contribution in [3.63, 3.8) is 0 Å². The summed E-state index contributed by atoms with van der Waals surface area (Å²) in [6.07, 6.45) is 4.10. The number of hydrogen-bond donors (Lipinski definition) is 0. The second-order valence-electron chi connectivity index (χ2n) is 2.36. The summed E-state index contributed by atoms with van der Waals surface area (Å²) in [5.41, 5.74) is 0. The van der Waals surface area contributed by atoms with Crippen molar-refractivity contribution in [1.82, 2.24) is 0 Å². The van der Waals surface area contributed by atoms with Gasteiger partial charge in [-0.15, -0.1) is 0 Å². The zero-order chi connectivity index (χ0) is 9.82. The molecule has 0 aliphatic rings. The van der Waals surface area contributed by atoms with Crippen LogP contribution in [0.15, 0.2) is 38.5 Å². The molecule has 0 aliphatic carbocycles. The minimum atomic E-state index is 0.609. The van der Waals surface area contributed by atoms with E-state index in [9.17, 15) is 0 Å². The molecule has 0 fully saturated rings. The zero-order valence-electron chi connectivity index (χ0n) is 7.95. The lowest BCUT2D eigenvalue weighted by molar-refractivity contribution is 0.212. The fraction of sp³-hybridized carbons (Fsp3) is 0.400. The first kappa shape index (κ1) is 13.4. The lowest BCUT2D eigenvalue weighted by Crippen LogP contribution is -1.95. The average Bonchev–Trinajstić information content (AvgIpc) is 2.03. The minimum absolute atomic E-state index is 0.609.